The van der Waals surface area contributed by atoms with Crippen molar-refractivity contribution in [3.05, 3.63) is 63.6 Å². The van der Waals surface area contributed by atoms with Gasteiger partial charge < -0.3 is 4.74 Å². The van der Waals surface area contributed by atoms with Crippen LogP contribution in [0.2, 0.25) is 0 Å². The maximum absolute atomic E-state index is 13.2. The summed E-state index contributed by atoms with van der Waals surface area (Å²) in [7, 11) is 1.63. The predicted molar refractivity (Wildman–Crippen MR) is 103 cm³/mol. The highest BCUT2D eigenvalue weighted by Crippen LogP contribution is 2.43. The van der Waals surface area contributed by atoms with Gasteiger partial charge in [0, 0.05) is 23.0 Å². The molecule has 0 fully saturated rings. The van der Waals surface area contributed by atoms with Crippen molar-refractivity contribution in [1.29, 1.82) is 0 Å². The lowest BCUT2D eigenvalue weighted by Crippen LogP contribution is -2.29. The lowest BCUT2D eigenvalue weighted by molar-refractivity contribution is 0.0988. The maximum Gasteiger partial charge on any atom is 0.280 e. The van der Waals surface area contributed by atoms with E-state index < -0.39 is 0 Å². The summed E-state index contributed by atoms with van der Waals surface area (Å²) in [4.78, 5) is 15.0. The first-order chi connectivity index (χ1) is 12.6. The summed E-state index contributed by atoms with van der Waals surface area (Å²) in [5.41, 5.74) is 4.50. The molecule has 0 aliphatic carbocycles. The van der Waals surface area contributed by atoms with Gasteiger partial charge >= 0.3 is 0 Å². The molecule has 5 nitrogen and oxygen atoms in total. The second-order valence-corrected chi connectivity index (χ2v) is 7.68. The molecule has 1 aliphatic heterocycles. The van der Waals surface area contributed by atoms with Crippen molar-refractivity contribution >= 4 is 22.9 Å². The Kier molecular flexibility index (Phi) is 4.28. The lowest BCUT2D eigenvalue weighted by atomic mass is 9.97. The van der Waals surface area contributed by atoms with Crippen LogP contribution in [0, 0.1) is 5.92 Å². The number of amides is 1. The van der Waals surface area contributed by atoms with Crippen LogP contribution >= 0.6 is 11.3 Å². The van der Waals surface area contributed by atoms with Crippen LogP contribution in [0.4, 0.5) is 5.69 Å². The van der Waals surface area contributed by atoms with E-state index in [0.29, 0.717) is 11.6 Å². The lowest BCUT2D eigenvalue weighted by Gasteiger charge is -2.26. The van der Waals surface area contributed by atoms with E-state index in [4.69, 9.17) is 4.74 Å². The van der Waals surface area contributed by atoms with E-state index in [2.05, 4.69) is 35.5 Å². The van der Waals surface area contributed by atoms with Crippen LogP contribution < -0.4 is 9.64 Å². The quantitative estimate of drug-likeness (QED) is 0.726. The van der Waals surface area contributed by atoms with Gasteiger partial charge in [0.1, 0.15) is 5.75 Å². The fourth-order valence-corrected chi connectivity index (χ4v) is 4.22. The molecule has 1 aliphatic rings. The molecule has 134 valence electrons. The van der Waals surface area contributed by atoms with E-state index in [0.717, 1.165) is 34.7 Å². The average molecular weight is 367 g/mol. The van der Waals surface area contributed by atoms with Gasteiger partial charge in [0.2, 0.25) is 0 Å². The Morgan fingerprint density at radius 1 is 1.35 bits per heavy atom. The third kappa shape index (κ3) is 2.70. The summed E-state index contributed by atoms with van der Waals surface area (Å²) >= 11 is 1.64. The monoisotopic (exact) mass is 367 g/mol. The number of hydrogen-bond acceptors (Lipinski definition) is 4. The number of H-pyrrole nitrogens is 1. The number of ether oxygens (including phenoxy) is 1. The Morgan fingerprint density at radius 3 is 2.88 bits per heavy atom. The summed E-state index contributed by atoms with van der Waals surface area (Å²) in [5.74, 6) is 1.13. The fourth-order valence-electron chi connectivity index (χ4n) is 3.54. The number of benzene rings is 1. The number of hydrogen-bond donors (Lipinski definition) is 1. The molecular weight excluding hydrogens is 346 g/mol. The molecule has 0 saturated carbocycles. The van der Waals surface area contributed by atoms with Gasteiger partial charge in [-0.15, -0.1) is 0 Å². The number of nitrogens with one attached hydrogen (secondary N) is 1. The second kappa shape index (κ2) is 6.61. The van der Waals surface area contributed by atoms with Crippen molar-refractivity contribution in [2.45, 2.75) is 26.3 Å². The normalized spacial score (nSPS) is 16.4. The Balaban J connectivity index is 1.86. The molecule has 1 atom stereocenters. The Hall–Kier alpha value is -2.60. The largest absolute Gasteiger partial charge is 0.497 e. The van der Waals surface area contributed by atoms with Crippen molar-refractivity contribution in [2.24, 2.45) is 5.92 Å². The zero-order valence-electron chi connectivity index (χ0n) is 15.0. The molecule has 26 heavy (non-hydrogen) atoms. The van der Waals surface area contributed by atoms with Crippen LogP contribution in [0.15, 0.2) is 41.1 Å². The van der Waals surface area contributed by atoms with E-state index in [1.807, 2.05) is 34.5 Å². The van der Waals surface area contributed by atoms with E-state index in [-0.39, 0.29) is 11.9 Å². The molecule has 1 unspecified atom stereocenters. The van der Waals surface area contributed by atoms with Crippen LogP contribution in [-0.4, -0.2) is 23.2 Å². The highest BCUT2D eigenvalue weighted by Gasteiger charge is 2.43. The van der Waals surface area contributed by atoms with Crippen molar-refractivity contribution in [1.82, 2.24) is 10.2 Å². The van der Waals surface area contributed by atoms with Gasteiger partial charge in [-0.1, -0.05) is 19.9 Å². The number of anilines is 1. The van der Waals surface area contributed by atoms with Crippen molar-refractivity contribution in [3.63, 3.8) is 0 Å². The summed E-state index contributed by atoms with van der Waals surface area (Å²) in [6, 6.07) is 9.54. The van der Waals surface area contributed by atoms with E-state index >= 15 is 0 Å². The van der Waals surface area contributed by atoms with Gasteiger partial charge in [-0.05, 0) is 46.9 Å². The molecule has 0 radical (unpaired) electrons. The second-order valence-electron chi connectivity index (χ2n) is 6.90. The predicted octanol–water partition coefficient (Wildman–Crippen LogP) is 4.43. The highest BCUT2D eigenvalue weighted by atomic mass is 32.1. The minimum atomic E-state index is -0.164. The number of rotatable bonds is 5. The molecule has 2 aromatic heterocycles. The summed E-state index contributed by atoms with van der Waals surface area (Å²) in [5, 5.41) is 11.6. The van der Waals surface area contributed by atoms with Crippen LogP contribution in [0.3, 0.4) is 0 Å². The fraction of sp³-hybridized carbons (Fsp3) is 0.300. The van der Waals surface area contributed by atoms with Crippen LogP contribution in [0.5, 0.6) is 5.75 Å². The highest BCUT2D eigenvalue weighted by molar-refractivity contribution is 7.08. The van der Waals surface area contributed by atoms with E-state index in [1.165, 1.54) is 0 Å². The third-order valence-electron chi connectivity index (χ3n) is 4.64. The standard InChI is InChI=1S/C20H21N3O2S/c1-12(2)9-16-17-18(22-21-16)20(24)23(19(17)13-7-8-26-11-13)14-5-4-6-15(10-14)25-3/h4-8,10-12,19H,9H2,1-3H3,(H,21,22). The van der Waals surface area contributed by atoms with Crippen LogP contribution in [0.1, 0.15) is 47.2 Å². The van der Waals surface area contributed by atoms with Gasteiger partial charge in [0.05, 0.1) is 13.2 Å². The van der Waals surface area contributed by atoms with Crippen LogP contribution in [0.25, 0.3) is 0 Å². The maximum atomic E-state index is 13.2. The first-order valence-corrected chi connectivity index (χ1v) is 9.61. The number of aromatic nitrogens is 2. The molecule has 3 aromatic rings. The average Bonchev–Trinajstić information content (AvgIpc) is 3.33. The minimum absolute atomic E-state index is 0.0734. The van der Waals surface area contributed by atoms with Crippen molar-refractivity contribution in [3.8, 4) is 5.75 Å². The van der Waals surface area contributed by atoms with Gasteiger partial charge in [0.25, 0.3) is 5.91 Å². The van der Waals surface area contributed by atoms with Crippen molar-refractivity contribution in [2.75, 3.05) is 12.0 Å². The molecule has 0 saturated heterocycles. The SMILES string of the molecule is COc1cccc(N2C(=O)c3n[nH]c(CC(C)C)c3C2c2ccsc2)c1. The minimum Gasteiger partial charge on any atom is -0.497 e. The summed E-state index contributed by atoms with van der Waals surface area (Å²) < 4.78 is 5.35. The van der Waals surface area contributed by atoms with Crippen molar-refractivity contribution < 1.29 is 9.53 Å². The van der Waals surface area contributed by atoms with Crippen LogP contribution in [-0.2, 0) is 6.42 Å². The zero-order chi connectivity index (χ0) is 18.3. The molecule has 1 N–H and O–H groups in total. The number of carbonyl (C=O) groups excluding carboxylic acids is 1. The number of thiophene rings is 1. The van der Waals surface area contributed by atoms with Gasteiger partial charge in [-0.25, -0.2) is 0 Å². The number of methoxy groups -OCH3 is 1. The Bertz CT molecular complexity index is 930. The first kappa shape index (κ1) is 16.8. The van der Waals surface area contributed by atoms with E-state index in [9.17, 15) is 4.79 Å². The smallest absolute Gasteiger partial charge is 0.280 e. The Labute approximate surface area is 156 Å². The van der Waals surface area contributed by atoms with Gasteiger partial charge in [-0.2, -0.15) is 16.4 Å². The number of aromatic amines is 1. The summed E-state index contributed by atoms with van der Waals surface area (Å²) in [6.07, 6.45) is 0.863. The molecule has 6 heteroatoms. The molecule has 0 spiro atoms. The number of nitrogens with zero attached hydrogens (tertiary/aromatic N) is 2. The van der Waals surface area contributed by atoms with Gasteiger partial charge in [-0.3, -0.25) is 14.8 Å². The number of carbonyl (C=O) groups is 1. The topological polar surface area (TPSA) is 58.2 Å². The molecule has 3 heterocycles. The van der Waals surface area contributed by atoms with E-state index in [1.54, 1.807) is 18.4 Å². The first-order valence-electron chi connectivity index (χ1n) is 8.67. The third-order valence-corrected chi connectivity index (χ3v) is 5.34. The Morgan fingerprint density at radius 2 is 2.19 bits per heavy atom. The molecule has 1 aromatic carbocycles. The zero-order valence-corrected chi connectivity index (χ0v) is 15.8. The molecule has 4 rings (SSSR count). The molecule has 0 bridgehead atoms. The molecular formula is C20H21N3O2S. The van der Waals surface area contributed by atoms with Gasteiger partial charge in [0.15, 0.2) is 5.69 Å². The summed E-state index contributed by atoms with van der Waals surface area (Å²) in [6.45, 7) is 4.34. The number of fused-ring (bicyclic) bond motifs is 1. The molecule has 1 amide bonds.